The molecule has 0 spiro atoms. The van der Waals surface area contributed by atoms with Crippen molar-refractivity contribution in [3.63, 3.8) is 0 Å². The van der Waals surface area contributed by atoms with E-state index in [0.717, 1.165) is 24.2 Å². The number of carbonyl (C=O) groups excluding carboxylic acids is 1. The highest BCUT2D eigenvalue weighted by molar-refractivity contribution is 5.95. The van der Waals surface area contributed by atoms with Gasteiger partial charge in [-0.3, -0.25) is 4.57 Å². The number of hydrogen-bond acceptors (Lipinski definition) is 6. The quantitative estimate of drug-likeness (QED) is 0.314. The van der Waals surface area contributed by atoms with E-state index in [2.05, 4.69) is 11.9 Å². The lowest BCUT2D eigenvalue weighted by molar-refractivity contribution is -0.132. The topological polar surface area (TPSA) is 99.9 Å². The highest BCUT2D eigenvalue weighted by atomic mass is 16.5. The molecule has 0 aliphatic rings. The second kappa shape index (κ2) is 11.9. The second-order valence-corrected chi connectivity index (χ2v) is 7.91. The predicted molar refractivity (Wildman–Crippen MR) is 132 cm³/mol. The average Bonchev–Trinajstić information content (AvgIpc) is 3.28. The van der Waals surface area contributed by atoms with Gasteiger partial charge in [-0.25, -0.2) is 14.6 Å². The Morgan fingerprint density at radius 2 is 1.71 bits per heavy atom. The lowest BCUT2D eigenvalue weighted by Gasteiger charge is -2.16. The standard InChI is InChI=1S/C27H30N2O6/c1-5-6-7-25-28-17-20(15-19(26(30)31)14-18-8-10-21(33-2)11-9-18)29(25)24-13-12-22(34-3)16-23(24)27(32)35-4/h8-13,15-17H,5-7,14H2,1-4H3,(H,30,31)/b19-15+. The number of nitrogens with zero attached hydrogens (tertiary/aromatic N) is 2. The molecule has 1 aromatic heterocycles. The van der Waals surface area contributed by atoms with E-state index in [1.165, 1.54) is 14.2 Å². The van der Waals surface area contributed by atoms with E-state index in [1.807, 2.05) is 16.7 Å². The van der Waals surface area contributed by atoms with Crippen molar-refractivity contribution in [3.8, 4) is 17.2 Å². The Morgan fingerprint density at radius 3 is 2.31 bits per heavy atom. The van der Waals surface area contributed by atoms with Crippen LogP contribution in [-0.4, -0.2) is 47.9 Å². The number of unbranched alkanes of at least 4 members (excludes halogenated alkanes) is 1. The summed E-state index contributed by atoms with van der Waals surface area (Å²) in [6.07, 6.45) is 5.95. The largest absolute Gasteiger partial charge is 0.497 e. The third kappa shape index (κ3) is 6.09. The molecule has 0 fully saturated rings. The number of rotatable bonds is 11. The normalized spacial score (nSPS) is 11.3. The van der Waals surface area contributed by atoms with Crippen LogP contribution in [0.5, 0.6) is 11.5 Å². The lowest BCUT2D eigenvalue weighted by atomic mass is 10.0. The monoisotopic (exact) mass is 478 g/mol. The number of benzene rings is 2. The number of carbonyl (C=O) groups is 2. The minimum atomic E-state index is -1.04. The van der Waals surface area contributed by atoms with Crippen molar-refractivity contribution >= 4 is 18.0 Å². The van der Waals surface area contributed by atoms with Crippen LogP contribution in [-0.2, 0) is 22.4 Å². The number of methoxy groups -OCH3 is 3. The minimum absolute atomic E-state index is 0.187. The van der Waals surface area contributed by atoms with Gasteiger partial charge in [0.2, 0.25) is 0 Å². The van der Waals surface area contributed by atoms with Gasteiger partial charge in [0.25, 0.3) is 0 Å². The van der Waals surface area contributed by atoms with Gasteiger partial charge in [0, 0.05) is 18.4 Å². The Balaban J connectivity index is 2.14. The number of esters is 1. The first-order chi connectivity index (χ1) is 16.9. The maximum atomic E-state index is 12.6. The molecule has 3 rings (SSSR count). The minimum Gasteiger partial charge on any atom is -0.497 e. The third-order valence-corrected chi connectivity index (χ3v) is 5.62. The summed E-state index contributed by atoms with van der Waals surface area (Å²) in [6, 6.07) is 12.4. The Hall–Kier alpha value is -4.07. The fourth-order valence-electron chi connectivity index (χ4n) is 3.74. The van der Waals surface area contributed by atoms with E-state index < -0.39 is 11.9 Å². The molecule has 8 heteroatoms. The molecular formula is C27H30N2O6. The first-order valence-corrected chi connectivity index (χ1v) is 11.3. The maximum Gasteiger partial charge on any atom is 0.340 e. The zero-order valence-corrected chi connectivity index (χ0v) is 20.4. The van der Waals surface area contributed by atoms with Crippen LogP contribution < -0.4 is 9.47 Å². The molecule has 184 valence electrons. The molecule has 0 saturated carbocycles. The van der Waals surface area contributed by atoms with Crippen molar-refractivity contribution in [2.75, 3.05) is 21.3 Å². The zero-order chi connectivity index (χ0) is 25.4. The van der Waals surface area contributed by atoms with Gasteiger partial charge in [-0.2, -0.15) is 0 Å². The van der Waals surface area contributed by atoms with Gasteiger partial charge in [0.15, 0.2) is 0 Å². The summed E-state index contributed by atoms with van der Waals surface area (Å²) in [4.78, 5) is 29.3. The second-order valence-electron chi connectivity index (χ2n) is 7.91. The van der Waals surface area contributed by atoms with Crippen molar-refractivity contribution in [1.29, 1.82) is 0 Å². The number of hydrogen-bond donors (Lipinski definition) is 1. The van der Waals surface area contributed by atoms with E-state index in [4.69, 9.17) is 14.2 Å². The summed E-state index contributed by atoms with van der Waals surface area (Å²) in [6.45, 7) is 2.08. The summed E-state index contributed by atoms with van der Waals surface area (Å²) in [7, 11) is 4.42. The van der Waals surface area contributed by atoms with Gasteiger partial charge in [-0.1, -0.05) is 25.5 Å². The highest BCUT2D eigenvalue weighted by Crippen LogP contribution is 2.27. The first-order valence-electron chi connectivity index (χ1n) is 11.3. The van der Waals surface area contributed by atoms with Crippen LogP contribution in [0.1, 0.15) is 47.2 Å². The summed E-state index contributed by atoms with van der Waals surface area (Å²) in [5.74, 6) is 0.366. The fraction of sp³-hybridized carbons (Fsp3) is 0.296. The molecular weight excluding hydrogens is 448 g/mol. The van der Waals surface area contributed by atoms with E-state index in [0.29, 0.717) is 34.9 Å². The molecule has 0 aliphatic carbocycles. The van der Waals surface area contributed by atoms with Crippen LogP contribution in [0.4, 0.5) is 0 Å². The number of carboxylic acid groups (broad SMARTS) is 1. The average molecular weight is 479 g/mol. The third-order valence-electron chi connectivity index (χ3n) is 5.62. The van der Waals surface area contributed by atoms with Gasteiger partial charge in [0.1, 0.15) is 17.3 Å². The summed E-state index contributed by atoms with van der Waals surface area (Å²) in [5.41, 5.74) is 2.41. The van der Waals surface area contributed by atoms with Crippen molar-refractivity contribution in [1.82, 2.24) is 9.55 Å². The van der Waals surface area contributed by atoms with Crippen molar-refractivity contribution in [2.45, 2.75) is 32.6 Å². The SMILES string of the molecule is CCCCc1ncc(/C=C(\Cc2ccc(OC)cc2)C(=O)O)n1-c1ccc(OC)cc1C(=O)OC. The van der Waals surface area contributed by atoms with Crippen molar-refractivity contribution in [2.24, 2.45) is 0 Å². The van der Waals surface area contributed by atoms with Crippen molar-refractivity contribution in [3.05, 3.63) is 76.9 Å². The Kier molecular flexibility index (Phi) is 8.67. The molecule has 1 heterocycles. The molecule has 0 atom stereocenters. The molecule has 0 aliphatic heterocycles. The van der Waals surface area contributed by atoms with Crippen LogP contribution in [0.2, 0.25) is 0 Å². The predicted octanol–water partition coefficient (Wildman–Crippen LogP) is 4.73. The Bertz CT molecular complexity index is 1210. The number of aromatic nitrogens is 2. The maximum absolute atomic E-state index is 12.6. The molecule has 35 heavy (non-hydrogen) atoms. The van der Waals surface area contributed by atoms with Crippen LogP contribution in [0.25, 0.3) is 11.8 Å². The number of imidazole rings is 1. The summed E-state index contributed by atoms with van der Waals surface area (Å²) < 4.78 is 17.3. The van der Waals surface area contributed by atoms with Gasteiger partial charge in [-0.15, -0.1) is 0 Å². The zero-order valence-electron chi connectivity index (χ0n) is 20.4. The van der Waals surface area contributed by atoms with E-state index >= 15 is 0 Å². The van der Waals surface area contributed by atoms with Gasteiger partial charge >= 0.3 is 11.9 Å². The number of aryl methyl sites for hydroxylation is 1. The van der Waals surface area contributed by atoms with E-state index in [1.54, 1.807) is 49.7 Å². The van der Waals surface area contributed by atoms with Crippen LogP contribution in [0.3, 0.4) is 0 Å². The van der Waals surface area contributed by atoms with Gasteiger partial charge < -0.3 is 19.3 Å². The summed E-state index contributed by atoms with van der Waals surface area (Å²) >= 11 is 0. The lowest BCUT2D eigenvalue weighted by Crippen LogP contribution is -2.12. The highest BCUT2D eigenvalue weighted by Gasteiger charge is 2.20. The summed E-state index contributed by atoms with van der Waals surface area (Å²) in [5, 5.41) is 9.94. The number of ether oxygens (including phenoxy) is 3. The number of aliphatic carboxylic acids is 1. The molecule has 8 nitrogen and oxygen atoms in total. The van der Waals surface area contributed by atoms with Crippen LogP contribution in [0, 0.1) is 0 Å². The Morgan fingerprint density at radius 1 is 1.03 bits per heavy atom. The molecule has 1 N–H and O–H groups in total. The Labute approximate surface area is 204 Å². The molecule has 0 unspecified atom stereocenters. The number of carboxylic acids is 1. The van der Waals surface area contributed by atoms with Crippen molar-refractivity contribution < 1.29 is 28.9 Å². The smallest absolute Gasteiger partial charge is 0.340 e. The van der Waals surface area contributed by atoms with Crippen LogP contribution >= 0.6 is 0 Å². The molecule has 0 bridgehead atoms. The van der Waals surface area contributed by atoms with Gasteiger partial charge in [0.05, 0.1) is 44.5 Å². The first kappa shape index (κ1) is 25.6. The molecule has 0 saturated heterocycles. The fourth-order valence-corrected chi connectivity index (χ4v) is 3.74. The molecule has 0 amide bonds. The molecule has 0 radical (unpaired) electrons. The van der Waals surface area contributed by atoms with Gasteiger partial charge in [-0.05, 0) is 48.4 Å². The van der Waals surface area contributed by atoms with E-state index in [-0.39, 0.29) is 12.0 Å². The molecule has 3 aromatic rings. The van der Waals surface area contributed by atoms with Crippen LogP contribution in [0.15, 0.2) is 54.2 Å². The molecule has 2 aromatic carbocycles. The van der Waals surface area contributed by atoms with E-state index in [9.17, 15) is 14.7 Å².